The van der Waals surface area contributed by atoms with Gasteiger partial charge in [-0.3, -0.25) is 10.1 Å². The van der Waals surface area contributed by atoms with Crippen molar-refractivity contribution >= 4 is 18.1 Å². The van der Waals surface area contributed by atoms with Crippen LogP contribution in [0.1, 0.15) is 6.92 Å². The van der Waals surface area contributed by atoms with Crippen LogP contribution in [0.25, 0.3) is 0 Å². The standard InChI is InChI=1S/C7H12N6O/c1-7-4(10-3-11-7)12-6(9-2-8)13-5(7)14/h3,6,9H,2,8H2,1H3,(H,13,14)(H,10,11,12). The van der Waals surface area contributed by atoms with E-state index in [-0.39, 0.29) is 12.6 Å². The van der Waals surface area contributed by atoms with Crippen molar-refractivity contribution in [1.29, 1.82) is 0 Å². The summed E-state index contributed by atoms with van der Waals surface area (Å²) < 4.78 is 0. The number of nitrogens with one attached hydrogen (secondary N) is 3. The van der Waals surface area contributed by atoms with Gasteiger partial charge in [-0.1, -0.05) is 0 Å². The first kappa shape index (κ1) is 9.10. The highest BCUT2D eigenvalue weighted by molar-refractivity contribution is 6.19. The molecule has 2 heterocycles. The van der Waals surface area contributed by atoms with Crippen molar-refractivity contribution in [2.75, 3.05) is 6.67 Å². The molecule has 0 aliphatic carbocycles. The molecule has 0 spiro atoms. The summed E-state index contributed by atoms with van der Waals surface area (Å²) in [5.41, 5.74) is 4.46. The second-order valence-electron chi connectivity index (χ2n) is 3.26. The molecule has 0 radical (unpaired) electrons. The van der Waals surface area contributed by atoms with Crippen LogP contribution in [0.4, 0.5) is 0 Å². The lowest BCUT2D eigenvalue weighted by Gasteiger charge is -2.30. The average Bonchev–Trinajstić information content (AvgIpc) is 2.49. The third kappa shape index (κ3) is 1.17. The lowest BCUT2D eigenvalue weighted by atomic mass is 10.00. The maximum Gasteiger partial charge on any atom is 0.256 e. The van der Waals surface area contributed by atoms with Gasteiger partial charge in [-0.05, 0) is 6.92 Å². The van der Waals surface area contributed by atoms with Gasteiger partial charge in [0.05, 0.1) is 6.34 Å². The van der Waals surface area contributed by atoms with Crippen molar-refractivity contribution in [3.05, 3.63) is 0 Å². The van der Waals surface area contributed by atoms with E-state index in [4.69, 9.17) is 5.73 Å². The second kappa shape index (κ2) is 3.03. The Balaban J connectivity index is 2.26. The number of carbonyl (C=O) groups is 1. The van der Waals surface area contributed by atoms with Gasteiger partial charge in [-0.2, -0.15) is 0 Å². The highest BCUT2D eigenvalue weighted by atomic mass is 16.2. The average molecular weight is 196 g/mol. The third-order valence-electron chi connectivity index (χ3n) is 2.27. The zero-order valence-electron chi connectivity index (χ0n) is 7.74. The van der Waals surface area contributed by atoms with Crippen molar-refractivity contribution in [3.63, 3.8) is 0 Å². The van der Waals surface area contributed by atoms with E-state index in [2.05, 4.69) is 25.9 Å². The van der Waals surface area contributed by atoms with Crippen molar-refractivity contribution in [2.45, 2.75) is 18.8 Å². The second-order valence-corrected chi connectivity index (χ2v) is 3.26. The van der Waals surface area contributed by atoms with Gasteiger partial charge in [0.2, 0.25) is 0 Å². The summed E-state index contributed by atoms with van der Waals surface area (Å²) >= 11 is 0. The number of aliphatic imine (C=N–C) groups is 2. The Morgan fingerprint density at radius 2 is 2.57 bits per heavy atom. The number of carbonyl (C=O) groups excluding carboxylic acids is 1. The monoisotopic (exact) mass is 196 g/mol. The van der Waals surface area contributed by atoms with Crippen LogP contribution < -0.4 is 21.7 Å². The molecule has 1 amide bonds. The molecule has 0 aromatic carbocycles. The fraction of sp³-hybridized carbons (Fsp3) is 0.571. The molecule has 5 N–H and O–H groups in total. The maximum absolute atomic E-state index is 11.7. The van der Waals surface area contributed by atoms with E-state index in [1.54, 1.807) is 6.92 Å². The largest absolute Gasteiger partial charge is 0.356 e. The number of hydrogen-bond acceptors (Lipinski definition) is 6. The van der Waals surface area contributed by atoms with Gasteiger partial charge in [-0.25, -0.2) is 9.98 Å². The molecule has 7 nitrogen and oxygen atoms in total. The normalized spacial score (nSPS) is 34.6. The molecule has 14 heavy (non-hydrogen) atoms. The van der Waals surface area contributed by atoms with Gasteiger partial charge in [0, 0.05) is 6.67 Å². The van der Waals surface area contributed by atoms with Gasteiger partial charge in [0.1, 0.15) is 0 Å². The molecule has 2 atom stereocenters. The van der Waals surface area contributed by atoms with Crippen LogP contribution in [0.15, 0.2) is 9.98 Å². The summed E-state index contributed by atoms with van der Waals surface area (Å²) in [5.74, 6) is 0.318. The number of rotatable bonds is 2. The third-order valence-corrected chi connectivity index (χ3v) is 2.27. The number of fused-ring (bicyclic) bond motifs is 1. The summed E-state index contributed by atoms with van der Waals surface area (Å²) in [7, 11) is 0. The molecule has 2 unspecified atom stereocenters. The van der Waals surface area contributed by atoms with E-state index in [0.29, 0.717) is 5.84 Å². The Morgan fingerprint density at radius 1 is 1.79 bits per heavy atom. The van der Waals surface area contributed by atoms with E-state index in [1.807, 2.05) is 0 Å². The van der Waals surface area contributed by atoms with Gasteiger partial charge in [0.15, 0.2) is 17.7 Å². The summed E-state index contributed by atoms with van der Waals surface area (Å²) in [6, 6.07) is 0. The smallest absolute Gasteiger partial charge is 0.256 e. The van der Waals surface area contributed by atoms with E-state index < -0.39 is 11.8 Å². The summed E-state index contributed by atoms with van der Waals surface area (Å²) in [6.45, 7) is 1.97. The topological polar surface area (TPSA) is 104 Å². The number of nitrogens with two attached hydrogens (primary N) is 1. The van der Waals surface area contributed by atoms with Gasteiger partial charge >= 0.3 is 0 Å². The number of nitrogens with zero attached hydrogens (tertiary/aromatic N) is 2. The van der Waals surface area contributed by atoms with E-state index in [1.165, 1.54) is 6.34 Å². The van der Waals surface area contributed by atoms with Crippen LogP contribution in [0.2, 0.25) is 0 Å². The molecule has 0 fully saturated rings. The molecule has 0 saturated carbocycles. The van der Waals surface area contributed by atoms with Crippen molar-refractivity contribution in [3.8, 4) is 0 Å². The van der Waals surface area contributed by atoms with E-state index in [9.17, 15) is 4.79 Å². The Kier molecular flexibility index (Phi) is 1.97. The van der Waals surface area contributed by atoms with Crippen LogP contribution in [-0.4, -0.2) is 36.6 Å². The molecule has 76 valence electrons. The predicted molar refractivity (Wildman–Crippen MR) is 51.6 cm³/mol. The summed E-state index contributed by atoms with van der Waals surface area (Å²) in [5, 5.41) is 8.32. The molecular weight excluding hydrogens is 184 g/mol. The Hall–Kier alpha value is -1.47. The zero-order valence-corrected chi connectivity index (χ0v) is 7.74. The highest BCUT2D eigenvalue weighted by Gasteiger charge is 2.45. The minimum absolute atomic E-state index is 0.161. The number of amides is 1. The molecule has 2 aliphatic heterocycles. The maximum atomic E-state index is 11.7. The van der Waals surface area contributed by atoms with Gasteiger partial charge in [0.25, 0.3) is 5.91 Å². The molecular formula is C7H12N6O. The Labute approximate surface area is 80.9 Å². The van der Waals surface area contributed by atoms with Gasteiger partial charge < -0.3 is 16.4 Å². The fourth-order valence-electron chi connectivity index (χ4n) is 1.38. The molecule has 0 bridgehead atoms. The number of hydrogen-bond donors (Lipinski definition) is 4. The van der Waals surface area contributed by atoms with Crippen molar-refractivity contribution in [2.24, 2.45) is 15.7 Å². The highest BCUT2D eigenvalue weighted by Crippen LogP contribution is 2.16. The first-order valence-corrected chi connectivity index (χ1v) is 4.30. The number of amidine groups is 1. The minimum atomic E-state index is -0.827. The summed E-state index contributed by atoms with van der Waals surface area (Å²) in [6.07, 6.45) is 0.996. The van der Waals surface area contributed by atoms with E-state index in [0.717, 1.165) is 0 Å². The van der Waals surface area contributed by atoms with Gasteiger partial charge in [-0.15, -0.1) is 0 Å². The molecule has 0 aromatic heterocycles. The predicted octanol–water partition coefficient (Wildman–Crippen LogP) is -2.31. The molecule has 2 rings (SSSR count). The SMILES string of the molecule is CC12NC=NC1=NC(NCN)NC2=O. The van der Waals surface area contributed by atoms with E-state index >= 15 is 0 Å². The molecule has 0 aromatic rings. The molecule has 0 saturated heterocycles. The fourth-order valence-corrected chi connectivity index (χ4v) is 1.38. The lowest BCUT2D eigenvalue weighted by Crippen LogP contribution is -2.64. The lowest BCUT2D eigenvalue weighted by molar-refractivity contribution is -0.125. The quantitative estimate of drug-likeness (QED) is 0.373. The first-order valence-electron chi connectivity index (χ1n) is 4.30. The summed E-state index contributed by atoms with van der Waals surface area (Å²) in [4.78, 5) is 19.8. The van der Waals surface area contributed by atoms with Crippen LogP contribution in [0, 0.1) is 0 Å². The minimum Gasteiger partial charge on any atom is -0.356 e. The molecule has 7 heteroatoms. The van der Waals surface area contributed by atoms with Crippen LogP contribution in [0.5, 0.6) is 0 Å². The van der Waals surface area contributed by atoms with Crippen molar-refractivity contribution < 1.29 is 4.79 Å². The van der Waals surface area contributed by atoms with Crippen LogP contribution in [0.3, 0.4) is 0 Å². The zero-order chi connectivity index (χ0) is 10.2. The molecule has 2 aliphatic rings. The Bertz CT molecular complexity index is 324. The van der Waals surface area contributed by atoms with Crippen molar-refractivity contribution in [1.82, 2.24) is 16.0 Å². The Morgan fingerprint density at radius 3 is 3.29 bits per heavy atom. The van der Waals surface area contributed by atoms with Crippen LogP contribution >= 0.6 is 0 Å². The first-order chi connectivity index (χ1) is 6.66. The van der Waals surface area contributed by atoms with Crippen LogP contribution in [-0.2, 0) is 4.79 Å².